The first-order valence-electron chi connectivity index (χ1n) is 6.22. The van der Waals surface area contributed by atoms with Crippen LogP contribution >= 0.6 is 0 Å². The van der Waals surface area contributed by atoms with Crippen LogP contribution in [0.2, 0.25) is 0 Å². The minimum atomic E-state index is -0.388. The van der Waals surface area contributed by atoms with Crippen molar-refractivity contribution in [2.24, 2.45) is 0 Å². The molecule has 0 aliphatic heterocycles. The van der Waals surface area contributed by atoms with Crippen molar-refractivity contribution >= 4 is 5.97 Å². The maximum Gasteiger partial charge on any atom is 0.339 e. The van der Waals surface area contributed by atoms with Crippen LogP contribution in [0, 0.1) is 0 Å². The summed E-state index contributed by atoms with van der Waals surface area (Å²) in [7, 11) is 0. The Kier molecular flexibility index (Phi) is 11.6. The fourth-order valence-corrected chi connectivity index (χ4v) is 1.30. The lowest BCUT2D eigenvalue weighted by Gasteiger charge is -2.00. The van der Waals surface area contributed by atoms with E-state index in [-0.39, 0.29) is 5.97 Å². The fourth-order valence-electron chi connectivity index (χ4n) is 1.30. The first kappa shape index (κ1) is 15.2. The summed E-state index contributed by atoms with van der Waals surface area (Å²) in [5.41, 5.74) is 0. The summed E-state index contributed by atoms with van der Waals surface area (Å²) in [5.74, 6) is -0.388. The van der Waals surface area contributed by atoms with Crippen LogP contribution in [0.3, 0.4) is 0 Å². The number of carbonyl (C=O) groups excluding carboxylic acids is 1. The molecule has 0 aromatic carbocycles. The van der Waals surface area contributed by atoms with Crippen molar-refractivity contribution in [3.63, 3.8) is 0 Å². The summed E-state index contributed by atoms with van der Waals surface area (Å²) < 4.78 is 0. The molecule has 0 fully saturated rings. The number of hydrogen-bond acceptors (Lipinski definition) is 3. The predicted molar refractivity (Wildman–Crippen MR) is 64.9 cm³/mol. The largest absolute Gasteiger partial charge is 0.339 e. The van der Waals surface area contributed by atoms with Crippen LogP contribution in [-0.2, 0) is 14.6 Å². The molecule has 0 aliphatic carbocycles. The predicted octanol–water partition coefficient (Wildman–Crippen LogP) is 3.79. The number of allylic oxidation sites excluding steroid dienone is 2. The molecule has 0 aromatic rings. The lowest BCUT2D eigenvalue weighted by Crippen LogP contribution is -2.01. The lowest BCUT2D eigenvalue weighted by atomic mass is 10.1. The van der Waals surface area contributed by atoms with Crippen molar-refractivity contribution in [3.05, 3.63) is 12.2 Å². The normalized spacial score (nSPS) is 10.9. The molecule has 0 N–H and O–H groups in total. The van der Waals surface area contributed by atoms with Gasteiger partial charge in [-0.05, 0) is 25.7 Å². The van der Waals surface area contributed by atoms with E-state index >= 15 is 0 Å². The second-order valence-electron chi connectivity index (χ2n) is 3.86. The van der Waals surface area contributed by atoms with Gasteiger partial charge < -0.3 is 0 Å². The van der Waals surface area contributed by atoms with Crippen LogP contribution in [0.25, 0.3) is 0 Å². The molecule has 0 bridgehead atoms. The number of hydrogen-bond donors (Lipinski definition) is 0. The van der Waals surface area contributed by atoms with Crippen molar-refractivity contribution in [2.75, 3.05) is 6.61 Å². The molecule has 0 rings (SSSR count). The number of unbranched alkanes of at least 4 members (excludes halogenated alkanes) is 5. The first-order chi connectivity index (χ1) is 7.77. The Balaban J connectivity index is 3.01. The molecule has 0 saturated heterocycles. The van der Waals surface area contributed by atoms with Gasteiger partial charge in [0.25, 0.3) is 0 Å². The second kappa shape index (κ2) is 12.2. The van der Waals surface area contributed by atoms with E-state index in [1.54, 1.807) is 0 Å². The molecule has 3 nitrogen and oxygen atoms in total. The Morgan fingerprint density at radius 1 is 1.06 bits per heavy atom. The average molecular weight is 228 g/mol. The molecule has 16 heavy (non-hydrogen) atoms. The van der Waals surface area contributed by atoms with Crippen LogP contribution < -0.4 is 0 Å². The van der Waals surface area contributed by atoms with Crippen molar-refractivity contribution in [3.8, 4) is 0 Å². The Hall–Kier alpha value is -0.830. The monoisotopic (exact) mass is 228 g/mol. The van der Waals surface area contributed by atoms with Gasteiger partial charge in [0.2, 0.25) is 0 Å². The van der Waals surface area contributed by atoms with E-state index in [0.717, 1.165) is 12.8 Å². The van der Waals surface area contributed by atoms with Crippen LogP contribution in [-0.4, -0.2) is 12.6 Å². The highest BCUT2D eigenvalue weighted by Crippen LogP contribution is 2.04. The summed E-state index contributed by atoms with van der Waals surface area (Å²) in [6, 6.07) is 0. The highest BCUT2D eigenvalue weighted by molar-refractivity contribution is 5.65. The third kappa shape index (κ3) is 13.2. The first-order valence-corrected chi connectivity index (χ1v) is 6.22. The topological polar surface area (TPSA) is 35.5 Å². The second-order valence-corrected chi connectivity index (χ2v) is 3.86. The van der Waals surface area contributed by atoms with E-state index in [9.17, 15) is 4.79 Å². The average Bonchev–Trinajstić information content (AvgIpc) is 2.25. The zero-order valence-corrected chi connectivity index (χ0v) is 10.5. The molecule has 3 heteroatoms. The van der Waals surface area contributed by atoms with Gasteiger partial charge in [-0.15, -0.1) is 0 Å². The smallest absolute Gasteiger partial charge is 0.299 e. The molecular formula is C13H24O3. The van der Waals surface area contributed by atoms with Crippen molar-refractivity contribution in [2.45, 2.75) is 58.8 Å². The van der Waals surface area contributed by atoms with Gasteiger partial charge in [0, 0.05) is 6.92 Å². The molecule has 0 saturated carbocycles. The maximum absolute atomic E-state index is 10.3. The Bertz CT molecular complexity index is 188. The SMILES string of the molecule is CCCC=CCCCCCCOOC(C)=O. The Labute approximate surface area is 98.7 Å². The number of carbonyl (C=O) groups is 1. The summed E-state index contributed by atoms with van der Waals surface area (Å²) in [6.07, 6.45) is 12.6. The van der Waals surface area contributed by atoms with E-state index in [1.807, 2.05) is 0 Å². The van der Waals surface area contributed by atoms with Gasteiger partial charge in [-0.1, -0.05) is 38.3 Å². The third-order valence-electron chi connectivity index (χ3n) is 2.15. The molecule has 0 aromatic heterocycles. The summed E-state index contributed by atoms with van der Waals surface area (Å²) >= 11 is 0. The molecule has 0 unspecified atom stereocenters. The zero-order valence-electron chi connectivity index (χ0n) is 10.5. The molecule has 94 valence electrons. The van der Waals surface area contributed by atoms with Crippen molar-refractivity contribution in [1.82, 2.24) is 0 Å². The van der Waals surface area contributed by atoms with Gasteiger partial charge in [0.05, 0.1) is 6.61 Å². The van der Waals surface area contributed by atoms with Gasteiger partial charge in [-0.3, -0.25) is 4.89 Å². The van der Waals surface area contributed by atoms with Gasteiger partial charge in [-0.25, -0.2) is 4.79 Å². The molecule has 0 heterocycles. The van der Waals surface area contributed by atoms with Gasteiger partial charge in [0.1, 0.15) is 0 Å². The molecule has 0 amide bonds. The Morgan fingerprint density at radius 2 is 1.75 bits per heavy atom. The van der Waals surface area contributed by atoms with E-state index < -0.39 is 0 Å². The highest BCUT2D eigenvalue weighted by atomic mass is 17.2. The fraction of sp³-hybridized carbons (Fsp3) is 0.769. The zero-order chi connectivity index (χ0) is 12.1. The van der Waals surface area contributed by atoms with Gasteiger partial charge >= 0.3 is 5.97 Å². The molecule has 0 atom stereocenters. The molecule has 0 spiro atoms. The quantitative estimate of drug-likeness (QED) is 0.247. The van der Waals surface area contributed by atoms with Gasteiger partial charge in [0.15, 0.2) is 0 Å². The summed E-state index contributed by atoms with van der Waals surface area (Å²) in [4.78, 5) is 19.4. The van der Waals surface area contributed by atoms with Crippen LogP contribution in [0.15, 0.2) is 12.2 Å². The minimum Gasteiger partial charge on any atom is -0.299 e. The lowest BCUT2D eigenvalue weighted by molar-refractivity contribution is -0.270. The van der Waals surface area contributed by atoms with E-state index in [2.05, 4.69) is 24.0 Å². The van der Waals surface area contributed by atoms with Crippen molar-refractivity contribution in [1.29, 1.82) is 0 Å². The molecular weight excluding hydrogens is 204 g/mol. The van der Waals surface area contributed by atoms with E-state index in [1.165, 1.54) is 39.0 Å². The van der Waals surface area contributed by atoms with Crippen molar-refractivity contribution < 1.29 is 14.6 Å². The number of rotatable bonds is 10. The minimum absolute atomic E-state index is 0.388. The van der Waals surface area contributed by atoms with Crippen LogP contribution in [0.1, 0.15) is 58.8 Å². The van der Waals surface area contributed by atoms with Gasteiger partial charge in [-0.2, -0.15) is 4.89 Å². The molecule has 0 radical (unpaired) electrons. The molecule has 0 aliphatic rings. The highest BCUT2D eigenvalue weighted by Gasteiger charge is 1.93. The van der Waals surface area contributed by atoms with Crippen LogP contribution in [0.4, 0.5) is 0 Å². The van der Waals surface area contributed by atoms with Crippen LogP contribution in [0.5, 0.6) is 0 Å². The Morgan fingerprint density at radius 3 is 2.44 bits per heavy atom. The van der Waals surface area contributed by atoms with E-state index in [4.69, 9.17) is 4.89 Å². The standard InChI is InChI=1S/C13H24O3/c1-3-4-5-6-7-8-9-10-11-12-15-16-13(2)14/h5-6H,3-4,7-12H2,1-2H3. The maximum atomic E-state index is 10.3. The third-order valence-corrected chi connectivity index (χ3v) is 2.15. The summed E-state index contributed by atoms with van der Waals surface area (Å²) in [5, 5.41) is 0. The van der Waals surface area contributed by atoms with E-state index in [0.29, 0.717) is 6.61 Å². The summed E-state index contributed by atoms with van der Waals surface area (Å²) in [6.45, 7) is 4.03.